The minimum atomic E-state index is -0.463. The monoisotopic (exact) mass is 342 g/mol. The van der Waals surface area contributed by atoms with Gasteiger partial charge < -0.3 is 5.32 Å². The topological polar surface area (TPSA) is 73.0 Å². The van der Waals surface area contributed by atoms with E-state index >= 15 is 0 Å². The van der Waals surface area contributed by atoms with Gasteiger partial charge >= 0.3 is 0 Å². The smallest absolute Gasteiger partial charge is 0.271 e. The Bertz CT molecular complexity index is 850. The van der Waals surface area contributed by atoms with Crippen LogP contribution in [0.3, 0.4) is 0 Å². The summed E-state index contributed by atoms with van der Waals surface area (Å²) in [5.74, 6) is 0. The van der Waals surface area contributed by atoms with Gasteiger partial charge in [0.1, 0.15) is 0 Å². The third-order valence-corrected chi connectivity index (χ3v) is 3.96. The van der Waals surface area contributed by atoms with E-state index < -0.39 is 4.92 Å². The SMILES string of the molecule is O=[N+]([O-])c1ccc(NCc2ccccc2Cn2cccn2)c(Cl)c1. The summed E-state index contributed by atoms with van der Waals surface area (Å²) in [6.45, 7) is 1.24. The zero-order valence-corrected chi connectivity index (χ0v) is 13.5. The second-order valence-corrected chi connectivity index (χ2v) is 5.65. The predicted octanol–water partition coefficient (Wildman–Crippen LogP) is 4.11. The highest BCUT2D eigenvalue weighted by molar-refractivity contribution is 6.33. The minimum absolute atomic E-state index is 0.0235. The Morgan fingerprint density at radius 3 is 2.62 bits per heavy atom. The molecule has 0 aliphatic carbocycles. The molecule has 24 heavy (non-hydrogen) atoms. The third-order valence-electron chi connectivity index (χ3n) is 3.64. The molecule has 0 saturated heterocycles. The van der Waals surface area contributed by atoms with E-state index in [4.69, 9.17) is 11.6 Å². The Kier molecular flexibility index (Phi) is 4.77. The molecule has 122 valence electrons. The summed E-state index contributed by atoms with van der Waals surface area (Å²) in [5, 5.41) is 18.5. The first-order chi connectivity index (χ1) is 11.6. The molecule has 0 bridgehead atoms. The number of nitro groups is 1. The van der Waals surface area contributed by atoms with Crippen molar-refractivity contribution in [3.05, 3.63) is 87.2 Å². The molecule has 6 nitrogen and oxygen atoms in total. The Morgan fingerprint density at radius 2 is 1.96 bits per heavy atom. The van der Waals surface area contributed by atoms with E-state index in [-0.39, 0.29) is 5.69 Å². The van der Waals surface area contributed by atoms with Gasteiger partial charge in [-0.25, -0.2) is 0 Å². The van der Waals surface area contributed by atoms with Gasteiger partial charge in [0.15, 0.2) is 0 Å². The van der Waals surface area contributed by atoms with E-state index in [0.717, 1.165) is 11.1 Å². The third kappa shape index (κ3) is 3.72. The Morgan fingerprint density at radius 1 is 1.17 bits per heavy atom. The summed E-state index contributed by atoms with van der Waals surface area (Å²) in [7, 11) is 0. The Balaban J connectivity index is 1.74. The summed E-state index contributed by atoms with van der Waals surface area (Å²) >= 11 is 6.11. The average Bonchev–Trinajstić information content (AvgIpc) is 3.08. The number of rotatable bonds is 6. The second-order valence-electron chi connectivity index (χ2n) is 5.25. The molecule has 0 atom stereocenters. The molecule has 0 fully saturated rings. The first-order valence-electron chi connectivity index (χ1n) is 7.35. The molecular weight excluding hydrogens is 328 g/mol. The molecule has 0 aliphatic rings. The van der Waals surface area contributed by atoms with Crippen LogP contribution in [0.2, 0.25) is 5.02 Å². The van der Waals surface area contributed by atoms with Gasteiger partial charge in [-0.1, -0.05) is 35.9 Å². The van der Waals surface area contributed by atoms with Gasteiger partial charge in [-0.2, -0.15) is 5.10 Å². The van der Waals surface area contributed by atoms with Crippen LogP contribution in [0.4, 0.5) is 11.4 Å². The van der Waals surface area contributed by atoms with Gasteiger partial charge in [-0.05, 0) is 23.3 Å². The van der Waals surface area contributed by atoms with Gasteiger partial charge in [0.2, 0.25) is 0 Å². The van der Waals surface area contributed by atoms with Crippen molar-refractivity contribution in [2.45, 2.75) is 13.1 Å². The lowest BCUT2D eigenvalue weighted by Gasteiger charge is -2.12. The highest BCUT2D eigenvalue weighted by Crippen LogP contribution is 2.27. The molecule has 0 saturated carbocycles. The standard InChI is InChI=1S/C17H15ClN4O2/c18-16-10-15(22(23)24)6-7-17(16)19-11-13-4-1-2-5-14(13)12-21-9-3-8-20-21/h1-10,19H,11-12H2. The fourth-order valence-corrected chi connectivity index (χ4v) is 2.65. The van der Waals surface area contributed by atoms with Crippen LogP contribution in [0.15, 0.2) is 60.9 Å². The number of anilines is 1. The quantitative estimate of drug-likeness (QED) is 0.540. The molecule has 0 unspecified atom stereocenters. The van der Waals surface area contributed by atoms with Gasteiger partial charge in [0.25, 0.3) is 5.69 Å². The average molecular weight is 343 g/mol. The fraction of sp³-hybridized carbons (Fsp3) is 0.118. The first kappa shape index (κ1) is 16.0. The molecule has 0 spiro atoms. The lowest BCUT2D eigenvalue weighted by molar-refractivity contribution is -0.384. The number of hydrogen-bond donors (Lipinski definition) is 1. The molecule has 1 aromatic heterocycles. The van der Waals surface area contributed by atoms with Crippen LogP contribution in [0, 0.1) is 10.1 Å². The van der Waals surface area contributed by atoms with Crippen LogP contribution >= 0.6 is 11.6 Å². The van der Waals surface area contributed by atoms with Crippen molar-refractivity contribution in [3.63, 3.8) is 0 Å². The van der Waals surface area contributed by atoms with Gasteiger partial charge in [-0.15, -0.1) is 0 Å². The molecule has 1 N–H and O–H groups in total. The molecule has 7 heteroatoms. The number of aromatic nitrogens is 2. The zero-order valence-electron chi connectivity index (χ0n) is 12.7. The van der Waals surface area contributed by atoms with E-state index in [2.05, 4.69) is 16.5 Å². The number of nitrogens with one attached hydrogen (secondary N) is 1. The van der Waals surface area contributed by atoms with E-state index in [9.17, 15) is 10.1 Å². The lowest BCUT2D eigenvalue weighted by Crippen LogP contribution is -2.07. The van der Waals surface area contributed by atoms with Crippen molar-refractivity contribution in [2.24, 2.45) is 0 Å². The maximum absolute atomic E-state index is 10.8. The predicted molar refractivity (Wildman–Crippen MR) is 93.2 cm³/mol. The van der Waals surface area contributed by atoms with Crippen molar-refractivity contribution < 1.29 is 4.92 Å². The van der Waals surface area contributed by atoms with Crippen LogP contribution in [0.5, 0.6) is 0 Å². The molecule has 3 aromatic rings. The molecule has 2 aromatic carbocycles. The van der Waals surface area contributed by atoms with Crippen molar-refractivity contribution in [3.8, 4) is 0 Å². The normalized spacial score (nSPS) is 10.5. The summed E-state index contributed by atoms with van der Waals surface area (Å²) in [6, 6.07) is 14.3. The summed E-state index contributed by atoms with van der Waals surface area (Å²) in [6.07, 6.45) is 3.66. The largest absolute Gasteiger partial charge is 0.380 e. The van der Waals surface area contributed by atoms with Crippen molar-refractivity contribution in [2.75, 3.05) is 5.32 Å². The number of nitrogens with zero attached hydrogens (tertiary/aromatic N) is 3. The molecule has 0 radical (unpaired) electrons. The number of hydrogen-bond acceptors (Lipinski definition) is 4. The molecule has 0 aliphatic heterocycles. The van der Waals surface area contributed by atoms with Crippen LogP contribution in [-0.4, -0.2) is 14.7 Å². The Hall–Kier alpha value is -2.86. The first-order valence-corrected chi connectivity index (χ1v) is 7.73. The zero-order chi connectivity index (χ0) is 16.9. The van der Waals surface area contributed by atoms with E-state index in [1.165, 1.54) is 12.1 Å². The van der Waals surface area contributed by atoms with Crippen molar-refractivity contribution >= 4 is 23.0 Å². The van der Waals surface area contributed by atoms with Crippen LogP contribution in [0.25, 0.3) is 0 Å². The lowest BCUT2D eigenvalue weighted by atomic mass is 10.1. The summed E-state index contributed by atoms with van der Waals surface area (Å²) in [5.41, 5.74) is 2.90. The van der Waals surface area contributed by atoms with Crippen LogP contribution in [-0.2, 0) is 13.1 Å². The summed E-state index contributed by atoms with van der Waals surface area (Å²) in [4.78, 5) is 10.3. The maximum atomic E-state index is 10.8. The molecular formula is C17H15ClN4O2. The number of benzene rings is 2. The van der Waals surface area contributed by atoms with E-state index in [0.29, 0.717) is 23.8 Å². The molecule has 3 rings (SSSR count). The van der Waals surface area contributed by atoms with Crippen LogP contribution in [0.1, 0.15) is 11.1 Å². The Labute approximate surface area is 143 Å². The molecule has 0 amide bonds. The number of nitro benzene ring substituents is 1. The number of non-ortho nitro benzene ring substituents is 1. The second kappa shape index (κ2) is 7.14. The van der Waals surface area contributed by atoms with Crippen molar-refractivity contribution in [1.82, 2.24) is 9.78 Å². The minimum Gasteiger partial charge on any atom is -0.380 e. The van der Waals surface area contributed by atoms with E-state index in [1.807, 2.05) is 35.1 Å². The van der Waals surface area contributed by atoms with Gasteiger partial charge in [-0.3, -0.25) is 14.8 Å². The van der Waals surface area contributed by atoms with Crippen LogP contribution < -0.4 is 5.32 Å². The van der Waals surface area contributed by atoms with Gasteiger partial charge in [0, 0.05) is 31.1 Å². The van der Waals surface area contributed by atoms with Gasteiger partial charge in [0.05, 0.1) is 22.2 Å². The maximum Gasteiger partial charge on any atom is 0.271 e. The highest BCUT2D eigenvalue weighted by atomic mass is 35.5. The van der Waals surface area contributed by atoms with E-state index in [1.54, 1.807) is 12.3 Å². The highest BCUT2D eigenvalue weighted by Gasteiger charge is 2.10. The molecule has 1 heterocycles. The fourth-order valence-electron chi connectivity index (χ4n) is 2.40. The van der Waals surface area contributed by atoms with Crippen molar-refractivity contribution in [1.29, 1.82) is 0 Å². The summed E-state index contributed by atoms with van der Waals surface area (Å²) < 4.78 is 1.86. The number of halogens is 1.